The fourth-order valence-electron chi connectivity index (χ4n) is 1.45. The molecule has 2 rings (SSSR count). The largest absolute Gasteiger partial charge is 0.386 e. The number of rotatable bonds is 2. The van der Waals surface area contributed by atoms with Gasteiger partial charge in [-0.15, -0.1) is 12.3 Å². The molecule has 6 N–H and O–H groups in total. The zero-order valence-electron chi connectivity index (χ0n) is 8.31. The van der Waals surface area contributed by atoms with Crippen LogP contribution in [0.4, 0.5) is 11.8 Å². The van der Waals surface area contributed by atoms with Gasteiger partial charge in [-0.05, 0) is 0 Å². The maximum atomic E-state index is 9.75. The van der Waals surface area contributed by atoms with Crippen molar-refractivity contribution >= 4 is 22.8 Å². The van der Waals surface area contributed by atoms with Gasteiger partial charge in [-0.3, -0.25) is 5.10 Å². The lowest BCUT2D eigenvalue weighted by Crippen LogP contribution is -2.02. The second-order valence-corrected chi connectivity index (χ2v) is 3.23. The van der Waals surface area contributed by atoms with E-state index in [1.54, 1.807) is 0 Å². The van der Waals surface area contributed by atoms with Crippen LogP contribution in [0.5, 0.6) is 0 Å². The third-order valence-corrected chi connectivity index (χ3v) is 2.13. The lowest BCUT2D eigenvalue weighted by molar-refractivity contribution is 0.180. The molecule has 1 unspecified atom stereocenters. The molecule has 0 saturated heterocycles. The Morgan fingerprint density at radius 1 is 1.44 bits per heavy atom. The fraction of sp³-hybridized carbons (Fsp3) is 0.222. The predicted molar refractivity (Wildman–Crippen MR) is 58.9 cm³/mol. The molecule has 0 saturated carbocycles. The van der Waals surface area contributed by atoms with Crippen molar-refractivity contribution in [1.82, 2.24) is 20.2 Å². The molecule has 2 aromatic rings. The van der Waals surface area contributed by atoms with Gasteiger partial charge in [-0.2, -0.15) is 15.1 Å². The molecule has 2 aromatic heterocycles. The van der Waals surface area contributed by atoms with Crippen LogP contribution in [-0.4, -0.2) is 25.3 Å². The van der Waals surface area contributed by atoms with Gasteiger partial charge in [0.1, 0.15) is 11.9 Å². The van der Waals surface area contributed by atoms with E-state index in [2.05, 4.69) is 26.1 Å². The summed E-state index contributed by atoms with van der Waals surface area (Å²) in [6.45, 7) is 0. The number of fused-ring (bicyclic) bond motifs is 1. The minimum atomic E-state index is -0.871. The monoisotopic (exact) mass is 218 g/mol. The zero-order valence-corrected chi connectivity index (χ0v) is 8.31. The summed E-state index contributed by atoms with van der Waals surface area (Å²) in [5.41, 5.74) is 11.8. The average Bonchev–Trinajstić information content (AvgIpc) is 2.61. The number of anilines is 2. The predicted octanol–water partition coefficient (Wildman–Crippen LogP) is -0.426. The summed E-state index contributed by atoms with van der Waals surface area (Å²) in [6.07, 6.45) is 4.40. The van der Waals surface area contributed by atoms with Crippen LogP contribution < -0.4 is 11.5 Å². The highest BCUT2D eigenvalue weighted by Crippen LogP contribution is 2.26. The third kappa shape index (κ3) is 1.51. The van der Waals surface area contributed by atoms with Crippen LogP contribution in [0, 0.1) is 12.3 Å². The molecule has 7 nitrogen and oxygen atoms in total. The standard InChI is InChI=1S/C9H10N6O/c1-2-3-4(16)6-5-7(10)12-9(11)13-8(5)15-14-6/h1,4,16H,3H2,(H5,10,11,12,13,14,15). The van der Waals surface area contributed by atoms with Gasteiger partial charge in [-0.25, -0.2) is 0 Å². The van der Waals surface area contributed by atoms with E-state index < -0.39 is 6.10 Å². The van der Waals surface area contributed by atoms with E-state index in [1.165, 1.54) is 0 Å². The molecule has 0 aromatic carbocycles. The minimum Gasteiger partial charge on any atom is -0.386 e. The van der Waals surface area contributed by atoms with E-state index in [9.17, 15) is 5.11 Å². The number of hydrogen-bond donors (Lipinski definition) is 4. The summed E-state index contributed by atoms with van der Waals surface area (Å²) in [5, 5.41) is 16.7. The second-order valence-electron chi connectivity index (χ2n) is 3.23. The van der Waals surface area contributed by atoms with Gasteiger partial charge in [0.25, 0.3) is 0 Å². The molecule has 0 aliphatic carbocycles. The van der Waals surface area contributed by atoms with Crippen LogP contribution in [0.3, 0.4) is 0 Å². The van der Waals surface area contributed by atoms with Crippen molar-refractivity contribution in [2.45, 2.75) is 12.5 Å². The molecular formula is C9H10N6O. The molecule has 0 amide bonds. The second kappa shape index (κ2) is 3.67. The number of aromatic nitrogens is 4. The Balaban J connectivity index is 2.61. The van der Waals surface area contributed by atoms with Crippen LogP contribution in [0.25, 0.3) is 11.0 Å². The molecule has 0 bridgehead atoms. The molecule has 82 valence electrons. The molecule has 7 heteroatoms. The number of hydrogen-bond acceptors (Lipinski definition) is 6. The van der Waals surface area contributed by atoms with E-state index in [4.69, 9.17) is 17.9 Å². The van der Waals surface area contributed by atoms with Crippen molar-refractivity contribution in [2.24, 2.45) is 0 Å². The first-order chi connectivity index (χ1) is 7.63. The highest BCUT2D eigenvalue weighted by molar-refractivity contribution is 5.89. The van der Waals surface area contributed by atoms with Crippen LogP contribution in [0.2, 0.25) is 0 Å². The van der Waals surface area contributed by atoms with E-state index in [0.717, 1.165) is 0 Å². The molecule has 0 aliphatic heterocycles. The lowest BCUT2D eigenvalue weighted by Gasteiger charge is -2.05. The number of nitrogen functional groups attached to an aromatic ring is 2. The molecule has 0 spiro atoms. The highest BCUT2D eigenvalue weighted by atomic mass is 16.3. The van der Waals surface area contributed by atoms with Gasteiger partial charge in [0.05, 0.1) is 11.1 Å². The van der Waals surface area contributed by atoms with Crippen molar-refractivity contribution in [3.05, 3.63) is 5.69 Å². The topological polar surface area (TPSA) is 127 Å². The van der Waals surface area contributed by atoms with Crippen molar-refractivity contribution in [1.29, 1.82) is 0 Å². The maximum Gasteiger partial charge on any atom is 0.224 e. The Labute approximate surface area is 90.9 Å². The van der Waals surface area contributed by atoms with Gasteiger partial charge < -0.3 is 16.6 Å². The Morgan fingerprint density at radius 2 is 2.19 bits per heavy atom. The number of aromatic amines is 1. The molecule has 1 atom stereocenters. The quantitative estimate of drug-likeness (QED) is 0.507. The summed E-state index contributed by atoms with van der Waals surface area (Å²) in [4.78, 5) is 7.68. The SMILES string of the molecule is C#CCC(O)c1[nH]nc2nc(N)nc(N)c12. The van der Waals surface area contributed by atoms with Crippen molar-refractivity contribution in [2.75, 3.05) is 11.5 Å². The van der Waals surface area contributed by atoms with Crippen molar-refractivity contribution in [3.8, 4) is 12.3 Å². The first-order valence-electron chi connectivity index (χ1n) is 4.52. The number of aliphatic hydroxyl groups is 1. The number of terminal acetylenes is 1. The zero-order chi connectivity index (χ0) is 11.7. The first-order valence-corrected chi connectivity index (χ1v) is 4.52. The number of nitrogens with two attached hydrogens (primary N) is 2. The van der Waals surface area contributed by atoms with Crippen LogP contribution in [0.15, 0.2) is 0 Å². The molecule has 0 fully saturated rings. The number of nitrogens with one attached hydrogen (secondary N) is 1. The molecule has 0 radical (unpaired) electrons. The van der Waals surface area contributed by atoms with E-state index in [-0.39, 0.29) is 18.2 Å². The average molecular weight is 218 g/mol. The minimum absolute atomic E-state index is 0.0366. The summed E-state index contributed by atoms with van der Waals surface area (Å²) >= 11 is 0. The van der Waals surface area contributed by atoms with E-state index >= 15 is 0 Å². The number of H-pyrrole nitrogens is 1. The van der Waals surface area contributed by atoms with Crippen molar-refractivity contribution in [3.63, 3.8) is 0 Å². The summed E-state index contributed by atoms with van der Waals surface area (Å²) in [6, 6.07) is 0. The Morgan fingerprint density at radius 3 is 2.88 bits per heavy atom. The van der Waals surface area contributed by atoms with Gasteiger partial charge in [0.15, 0.2) is 5.65 Å². The van der Waals surface area contributed by atoms with Crippen LogP contribution in [0.1, 0.15) is 18.2 Å². The highest BCUT2D eigenvalue weighted by Gasteiger charge is 2.17. The molecule has 16 heavy (non-hydrogen) atoms. The molecule has 2 heterocycles. The molecular weight excluding hydrogens is 208 g/mol. The van der Waals surface area contributed by atoms with Crippen LogP contribution >= 0.6 is 0 Å². The fourth-order valence-corrected chi connectivity index (χ4v) is 1.45. The molecule has 0 aliphatic rings. The van der Waals surface area contributed by atoms with Crippen molar-refractivity contribution < 1.29 is 5.11 Å². The summed E-state index contributed by atoms with van der Waals surface area (Å²) < 4.78 is 0. The van der Waals surface area contributed by atoms with Crippen LogP contribution in [-0.2, 0) is 0 Å². The summed E-state index contributed by atoms with van der Waals surface area (Å²) in [5.74, 6) is 2.55. The Bertz CT molecular complexity index is 569. The smallest absolute Gasteiger partial charge is 0.224 e. The Kier molecular flexibility index (Phi) is 2.34. The van der Waals surface area contributed by atoms with Gasteiger partial charge >= 0.3 is 0 Å². The summed E-state index contributed by atoms with van der Waals surface area (Å²) in [7, 11) is 0. The van der Waals surface area contributed by atoms with E-state index in [1.807, 2.05) is 0 Å². The lowest BCUT2D eigenvalue weighted by atomic mass is 10.1. The van der Waals surface area contributed by atoms with Gasteiger partial charge in [0, 0.05) is 6.42 Å². The Hall–Kier alpha value is -2.33. The maximum absolute atomic E-state index is 9.75. The van der Waals surface area contributed by atoms with Gasteiger partial charge in [0.2, 0.25) is 5.95 Å². The van der Waals surface area contributed by atoms with E-state index in [0.29, 0.717) is 16.7 Å². The number of nitrogens with zero attached hydrogens (tertiary/aromatic N) is 3. The number of aliphatic hydroxyl groups excluding tert-OH is 1. The van der Waals surface area contributed by atoms with Gasteiger partial charge in [-0.1, -0.05) is 0 Å². The third-order valence-electron chi connectivity index (χ3n) is 2.13. The first kappa shape index (κ1) is 10.2. The normalized spacial score (nSPS) is 12.5.